The second-order valence-electron chi connectivity index (χ2n) is 5.78. The van der Waals surface area contributed by atoms with Crippen molar-refractivity contribution in [3.63, 3.8) is 0 Å². The van der Waals surface area contributed by atoms with Crippen LogP contribution < -0.4 is 15.6 Å². The lowest BCUT2D eigenvalue weighted by atomic mass is 10.1. The van der Waals surface area contributed by atoms with Crippen LogP contribution in [0.2, 0.25) is 0 Å². The number of aromatic amines is 1. The van der Waals surface area contributed by atoms with Gasteiger partial charge < -0.3 is 10.1 Å². The number of carbonyl (C=O) groups excluding carboxylic acids is 1. The average Bonchev–Trinajstić information content (AvgIpc) is 3.02. The monoisotopic (exact) mass is 340 g/mol. The van der Waals surface area contributed by atoms with Gasteiger partial charge in [0.15, 0.2) is 5.65 Å². The van der Waals surface area contributed by atoms with Crippen LogP contribution in [-0.2, 0) is 11.2 Å². The first-order valence-corrected chi connectivity index (χ1v) is 8.08. The standard InChI is InChI=1S/C18H20N4O3/c1-4-25-15-6-5-13(9-11(15)2)21-17(23)10-14-12(3)20-16-7-8-19-22(16)18(14)24/h5-9,19H,4,10H2,1-3H3,(H,21,23). The molecule has 130 valence electrons. The summed E-state index contributed by atoms with van der Waals surface area (Å²) in [4.78, 5) is 29.2. The summed E-state index contributed by atoms with van der Waals surface area (Å²) >= 11 is 0. The summed E-state index contributed by atoms with van der Waals surface area (Å²) in [7, 11) is 0. The second kappa shape index (κ2) is 6.80. The summed E-state index contributed by atoms with van der Waals surface area (Å²) in [6.45, 7) is 6.16. The van der Waals surface area contributed by atoms with Gasteiger partial charge in [0.25, 0.3) is 5.56 Å². The molecule has 0 aliphatic carbocycles. The zero-order valence-electron chi connectivity index (χ0n) is 14.4. The summed E-state index contributed by atoms with van der Waals surface area (Å²) in [6.07, 6.45) is 1.60. The Morgan fingerprint density at radius 2 is 2.12 bits per heavy atom. The van der Waals surface area contributed by atoms with Crippen molar-refractivity contribution in [2.45, 2.75) is 27.2 Å². The molecule has 0 aliphatic heterocycles. The number of ether oxygens (including phenoxy) is 1. The van der Waals surface area contributed by atoms with Gasteiger partial charge in [0.2, 0.25) is 5.91 Å². The molecule has 1 amide bonds. The fraction of sp³-hybridized carbons (Fsp3) is 0.278. The van der Waals surface area contributed by atoms with Gasteiger partial charge in [-0.15, -0.1) is 0 Å². The first kappa shape index (κ1) is 16.8. The van der Waals surface area contributed by atoms with Crippen LogP contribution in [0.3, 0.4) is 0 Å². The quantitative estimate of drug-likeness (QED) is 0.745. The van der Waals surface area contributed by atoms with E-state index < -0.39 is 0 Å². The van der Waals surface area contributed by atoms with Crippen molar-refractivity contribution >= 4 is 17.2 Å². The number of aryl methyl sites for hydroxylation is 2. The van der Waals surface area contributed by atoms with Gasteiger partial charge in [-0.1, -0.05) is 0 Å². The number of anilines is 1. The number of rotatable bonds is 5. The van der Waals surface area contributed by atoms with Crippen molar-refractivity contribution in [3.8, 4) is 5.75 Å². The molecule has 7 nitrogen and oxygen atoms in total. The third-order valence-corrected chi connectivity index (χ3v) is 3.94. The van der Waals surface area contributed by atoms with Crippen LogP contribution in [0.25, 0.3) is 5.65 Å². The molecule has 0 saturated carbocycles. The summed E-state index contributed by atoms with van der Waals surface area (Å²) < 4.78 is 6.82. The van der Waals surface area contributed by atoms with Crippen molar-refractivity contribution in [2.24, 2.45) is 0 Å². The molecule has 1 aromatic carbocycles. The van der Waals surface area contributed by atoms with E-state index in [1.165, 1.54) is 4.52 Å². The van der Waals surface area contributed by atoms with E-state index in [0.29, 0.717) is 29.2 Å². The van der Waals surface area contributed by atoms with E-state index in [0.717, 1.165) is 11.3 Å². The zero-order valence-corrected chi connectivity index (χ0v) is 14.4. The molecule has 0 unspecified atom stereocenters. The summed E-state index contributed by atoms with van der Waals surface area (Å²) in [5, 5.41) is 5.62. The summed E-state index contributed by atoms with van der Waals surface area (Å²) in [5.74, 6) is 0.521. The summed E-state index contributed by atoms with van der Waals surface area (Å²) in [6, 6.07) is 7.15. The molecule has 0 atom stereocenters. The van der Waals surface area contributed by atoms with Crippen molar-refractivity contribution in [1.82, 2.24) is 14.6 Å². The molecule has 3 rings (SSSR count). The number of amides is 1. The molecule has 0 aliphatic rings. The highest BCUT2D eigenvalue weighted by Crippen LogP contribution is 2.22. The molecule has 0 fully saturated rings. The number of H-pyrrole nitrogens is 1. The largest absolute Gasteiger partial charge is 0.494 e. The number of nitrogens with zero attached hydrogens (tertiary/aromatic N) is 2. The molecular weight excluding hydrogens is 320 g/mol. The number of hydrogen-bond donors (Lipinski definition) is 2. The van der Waals surface area contributed by atoms with Crippen LogP contribution in [0.4, 0.5) is 5.69 Å². The minimum atomic E-state index is -0.267. The fourth-order valence-electron chi connectivity index (χ4n) is 2.72. The summed E-state index contributed by atoms with van der Waals surface area (Å²) in [5.41, 5.74) is 2.81. The lowest BCUT2D eigenvalue weighted by molar-refractivity contribution is -0.115. The highest BCUT2D eigenvalue weighted by Gasteiger charge is 2.14. The number of nitrogens with one attached hydrogen (secondary N) is 2. The molecule has 2 aromatic heterocycles. The van der Waals surface area contributed by atoms with Gasteiger partial charge in [0.05, 0.1) is 13.0 Å². The first-order valence-electron chi connectivity index (χ1n) is 8.08. The van der Waals surface area contributed by atoms with Gasteiger partial charge in [-0.05, 0) is 44.5 Å². The zero-order chi connectivity index (χ0) is 18.0. The Morgan fingerprint density at radius 1 is 1.32 bits per heavy atom. The Balaban J connectivity index is 1.79. The third kappa shape index (κ3) is 3.40. The number of fused-ring (bicyclic) bond motifs is 1. The molecule has 0 spiro atoms. The van der Waals surface area contributed by atoms with Crippen LogP contribution in [0.15, 0.2) is 35.3 Å². The molecule has 2 N–H and O–H groups in total. The van der Waals surface area contributed by atoms with Crippen LogP contribution in [0.5, 0.6) is 5.75 Å². The number of hydrogen-bond acceptors (Lipinski definition) is 4. The minimum Gasteiger partial charge on any atom is -0.494 e. The Morgan fingerprint density at radius 3 is 2.84 bits per heavy atom. The van der Waals surface area contributed by atoms with E-state index in [-0.39, 0.29) is 17.9 Å². The van der Waals surface area contributed by atoms with E-state index in [9.17, 15) is 9.59 Å². The van der Waals surface area contributed by atoms with Gasteiger partial charge in [0, 0.05) is 29.2 Å². The van der Waals surface area contributed by atoms with Gasteiger partial charge in [-0.2, -0.15) is 0 Å². The molecule has 0 saturated heterocycles. The van der Waals surface area contributed by atoms with Crippen LogP contribution >= 0.6 is 0 Å². The van der Waals surface area contributed by atoms with Crippen LogP contribution in [-0.4, -0.2) is 27.1 Å². The molecule has 25 heavy (non-hydrogen) atoms. The molecule has 0 bridgehead atoms. The molecule has 2 heterocycles. The van der Waals surface area contributed by atoms with E-state index in [4.69, 9.17) is 4.74 Å². The second-order valence-corrected chi connectivity index (χ2v) is 5.78. The van der Waals surface area contributed by atoms with Crippen LogP contribution in [0.1, 0.15) is 23.7 Å². The number of carbonyl (C=O) groups is 1. The third-order valence-electron chi connectivity index (χ3n) is 3.94. The number of aromatic nitrogens is 3. The lowest BCUT2D eigenvalue weighted by Crippen LogP contribution is -2.26. The minimum absolute atomic E-state index is 0.0358. The Labute approximate surface area is 144 Å². The average molecular weight is 340 g/mol. The molecule has 0 radical (unpaired) electrons. The normalized spacial score (nSPS) is 10.8. The predicted molar refractivity (Wildman–Crippen MR) is 95.2 cm³/mol. The van der Waals surface area contributed by atoms with E-state index in [1.54, 1.807) is 25.3 Å². The Hall–Kier alpha value is -3.09. The first-order chi connectivity index (χ1) is 12.0. The van der Waals surface area contributed by atoms with E-state index in [2.05, 4.69) is 15.4 Å². The van der Waals surface area contributed by atoms with Crippen molar-refractivity contribution in [2.75, 3.05) is 11.9 Å². The SMILES string of the molecule is CCOc1ccc(NC(=O)Cc2c(C)nc3cc[nH]n3c2=O)cc1C. The van der Waals surface area contributed by atoms with Crippen LogP contribution in [0, 0.1) is 13.8 Å². The topological polar surface area (TPSA) is 88.5 Å². The maximum absolute atomic E-state index is 12.5. The lowest BCUT2D eigenvalue weighted by Gasteiger charge is -2.11. The highest BCUT2D eigenvalue weighted by molar-refractivity contribution is 5.92. The Kier molecular flexibility index (Phi) is 4.56. The Bertz CT molecular complexity index is 988. The van der Waals surface area contributed by atoms with Crippen molar-refractivity contribution in [3.05, 3.63) is 57.6 Å². The van der Waals surface area contributed by atoms with Crippen molar-refractivity contribution < 1.29 is 9.53 Å². The molecule has 7 heteroatoms. The highest BCUT2D eigenvalue weighted by atomic mass is 16.5. The van der Waals surface area contributed by atoms with Gasteiger partial charge >= 0.3 is 0 Å². The van der Waals surface area contributed by atoms with Gasteiger partial charge in [-0.25, -0.2) is 9.50 Å². The van der Waals surface area contributed by atoms with Gasteiger partial charge in [-0.3, -0.25) is 14.7 Å². The maximum atomic E-state index is 12.5. The van der Waals surface area contributed by atoms with Crippen molar-refractivity contribution in [1.29, 1.82) is 0 Å². The number of benzene rings is 1. The molecular formula is C18H20N4O3. The van der Waals surface area contributed by atoms with Gasteiger partial charge in [0.1, 0.15) is 5.75 Å². The smallest absolute Gasteiger partial charge is 0.276 e. The van der Waals surface area contributed by atoms with E-state index in [1.807, 2.05) is 26.0 Å². The predicted octanol–water partition coefficient (Wildman–Crippen LogP) is 2.22. The fourth-order valence-corrected chi connectivity index (χ4v) is 2.72. The maximum Gasteiger partial charge on any atom is 0.276 e. The van der Waals surface area contributed by atoms with E-state index >= 15 is 0 Å². The molecule has 3 aromatic rings.